The number of nitrogens with one attached hydrogen (secondary N) is 1. The highest BCUT2D eigenvalue weighted by Gasteiger charge is 2.17. The van der Waals surface area contributed by atoms with Gasteiger partial charge in [0, 0.05) is 31.1 Å². The van der Waals surface area contributed by atoms with Crippen LogP contribution in [0.4, 0.5) is 15.8 Å². The van der Waals surface area contributed by atoms with E-state index in [4.69, 9.17) is 0 Å². The molecule has 1 heterocycles. The van der Waals surface area contributed by atoms with Crippen molar-refractivity contribution in [3.63, 3.8) is 0 Å². The molecule has 0 saturated heterocycles. The van der Waals surface area contributed by atoms with Gasteiger partial charge in [-0.2, -0.15) is 0 Å². The minimum atomic E-state index is -0.528. The normalized spacial score (nSPS) is 10.3. The maximum Gasteiger partial charge on any atom is 0.293 e. The van der Waals surface area contributed by atoms with E-state index < -0.39 is 10.7 Å². The average molecular weight is 387 g/mol. The molecule has 0 bridgehead atoms. The second kappa shape index (κ2) is 6.12. The van der Waals surface area contributed by atoms with Crippen LogP contribution in [0.3, 0.4) is 0 Å². The Hall–Kier alpha value is -1.77. The molecule has 5 nitrogen and oxygen atoms in total. The molecule has 104 valence electrons. The molecule has 1 N–H and O–H groups in total. The van der Waals surface area contributed by atoms with E-state index >= 15 is 0 Å². The molecule has 7 heteroatoms. The number of aromatic nitrogens is 1. The number of aryl methyl sites for hydroxylation is 1. The van der Waals surface area contributed by atoms with E-state index in [9.17, 15) is 14.5 Å². The van der Waals surface area contributed by atoms with Crippen LogP contribution in [0.15, 0.2) is 30.6 Å². The van der Waals surface area contributed by atoms with Crippen LogP contribution in [-0.2, 0) is 6.54 Å². The maximum absolute atomic E-state index is 13.5. The van der Waals surface area contributed by atoms with Gasteiger partial charge in [0.1, 0.15) is 11.5 Å². The van der Waals surface area contributed by atoms with Crippen molar-refractivity contribution < 1.29 is 9.31 Å². The molecule has 0 spiro atoms. The summed E-state index contributed by atoms with van der Waals surface area (Å²) in [5.41, 5.74) is 1.94. The van der Waals surface area contributed by atoms with E-state index in [0.717, 1.165) is 17.2 Å². The van der Waals surface area contributed by atoms with Crippen molar-refractivity contribution >= 4 is 34.0 Å². The number of halogens is 2. The van der Waals surface area contributed by atoms with Crippen molar-refractivity contribution in [2.24, 2.45) is 0 Å². The number of nitro benzene ring substituents is 1. The lowest BCUT2D eigenvalue weighted by molar-refractivity contribution is -0.384. The Morgan fingerprint density at radius 3 is 2.90 bits per heavy atom. The van der Waals surface area contributed by atoms with Gasteiger partial charge in [0.05, 0.1) is 8.49 Å². The van der Waals surface area contributed by atoms with Crippen molar-refractivity contribution in [3.05, 3.63) is 61.2 Å². The number of nitrogens with zero attached hydrogens (tertiary/aromatic N) is 2. The van der Waals surface area contributed by atoms with Gasteiger partial charge in [-0.05, 0) is 46.7 Å². The van der Waals surface area contributed by atoms with Gasteiger partial charge in [-0.1, -0.05) is 0 Å². The van der Waals surface area contributed by atoms with Crippen molar-refractivity contribution in [1.82, 2.24) is 4.98 Å². The lowest BCUT2D eigenvalue weighted by Crippen LogP contribution is -2.05. The molecule has 20 heavy (non-hydrogen) atoms. The molecular formula is C13H11FIN3O2. The molecule has 1 aromatic carbocycles. The molecule has 1 aromatic heterocycles. The Labute approximate surface area is 128 Å². The van der Waals surface area contributed by atoms with Gasteiger partial charge in [-0.25, -0.2) is 4.39 Å². The van der Waals surface area contributed by atoms with Crippen molar-refractivity contribution in [2.45, 2.75) is 13.5 Å². The fourth-order valence-electron chi connectivity index (χ4n) is 1.70. The highest BCUT2D eigenvalue weighted by molar-refractivity contribution is 14.1. The number of benzene rings is 1. The number of hydrogen-bond donors (Lipinski definition) is 1. The summed E-state index contributed by atoms with van der Waals surface area (Å²) in [5.74, 6) is -0.485. The van der Waals surface area contributed by atoms with Crippen molar-refractivity contribution in [3.8, 4) is 0 Å². The van der Waals surface area contributed by atoms with Crippen molar-refractivity contribution in [1.29, 1.82) is 0 Å². The first kappa shape index (κ1) is 14.6. The molecule has 0 atom stereocenters. The summed E-state index contributed by atoms with van der Waals surface area (Å²) < 4.78 is 13.8. The summed E-state index contributed by atoms with van der Waals surface area (Å²) >= 11 is 1.73. The number of rotatable bonds is 4. The molecule has 0 unspecified atom stereocenters. The Balaban J connectivity index is 2.27. The van der Waals surface area contributed by atoms with Gasteiger partial charge in [0.15, 0.2) is 0 Å². The molecule has 0 fully saturated rings. The van der Waals surface area contributed by atoms with Crippen LogP contribution in [-0.4, -0.2) is 9.91 Å². The minimum absolute atomic E-state index is 0.141. The predicted molar refractivity (Wildman–Crippen MR) is 82.1 cm³/mol. The van der Waals surface area contributed by atoms with E-state index in [2.05, 4.69) is 10.3 Å². The monoisotopic (exact) mass is 387 g/mol. The molecule has 0 radical (unpaired) electrons. The largest absolute Gasteiger partial charge is 0.375 e. The van der Waals surface area contributed by atoms with Crippen LogP contribution >= 0.6 is 22.6 Å². The Kier molecular flexibility index (Phi) is 4.48. The first-order chi connectivity index (χ1) is 9.49. The van der Waals surface area contributed by atoms with Gasteiger partial charge in [0.25, 0.3) is 5.69 Å². The number of pyridine rings is 1. The number of nitro groups is 1. The Morgan fingerprint density at radius 1 is 1.50 bits per heavy atom. The summed E-state index contributed by atoms with van der Waals surface area (Å²) in [7, 11) is 0. The van der Waals surface area contributed by atoms with Gasteiger partial charge < -0.3 is 5.32 Å². The van der Waals surface area contributed by atoms with Gasteiger partial charge in [-0.15, -0.1) is 0 Å². The molecule has 0 aliphatic rings. The van der Waals surface area contributed by atoms with E-state index in [1.807, 2.05) is 13.0 Å². The highest BCUT2D eigenvalue weighted by Crippen LogP contribution is 2.29. The summed E-state index contributed by atoms with van der Waals surface area (Å²) in [4.78, 5) is 14.5. The minimum Gasteiger partial charge on any atom is -0.375 e. The van der Waals surface area contributed by atoms with E-state index in [1.165, 1.54) is 6.07 Å². The molecule has 0 amide bonds. The van der Waals surface area contributed by atoms with Crippen LogP contribution in [0.2, 0.25) is 0 Å². The van der Waals surface area contributed by atoms with Crippen LogP contribution < -0.4 is 5.32 Å². The molecule has 2 aromatic rings. The number of anilines is 1. The number of hydrogen-bond acceptors (Lipinski definition) is 4. The topological polar surface area (TPSA) is 68.1 Å². The standard InChI is InChI=1S/C13H11FIN3O2/c1-8-2-3-16-6-9(8)7-17-12-4-10(14)11(15)5-13(12)18(19)20/h2-6,17H,7H2,1H3. The van der Waals surface area contributed by atoms with Crippen LogP contribution in [0.1, 0.15) is 11.1 Å². The summed E-state index contributed by atoms with van der Waals surface area (Å²) in [5, 5.41) is 13.9. The average Bonchev–Trinajstić information content (AvgIpc) is 2.41. The molecular weight excluding hydrogens is 376 g/mol. The van der Waals surface area contributed by atoms with Crippen LogP contribution in [0.25, 0.3) is 0 Å². The third kappa shape index (κ3) is 3.21. The lowest BCUT2D eigenvalue weighted by Gasteiger charge is -2.09. The second-order valence-corrected chi connectivity index (χ2v) is 5.36. The fraction of sp³-hybridized carbons (Fsp3) is 0.154. The van der Waals surface area contributed by atoms with E-state index in [-0.39, 0.29) is 14.9 Å². The Bertz CT molecular complexity index is 664. The maximum atomic E-state index is 13.5. The van der Waals surface area contributed by atoms with Crippen molar-refractivity contribution in [2.75, 3.05) is 5.32 Å². The zero-order chi connectivity index (χ0) is 14.7. The van der Waals surface area contributed by atoms with E-state index in [1.54, 1.807) is 35.0 Å². The first-order valence-electron chi connectivity index (χ1n) is 5.76. The molecule has 0 saturated carbocycles. The lowest BCUT2D eigenvalue weighted by atomic mass is 10.1. The third-order valence-electron chi connectivity index (χ3n) is 2.85. The Morgan fingerprint density at radius 2 is 2.25 bits per heavy atom. The zero-order valence-corrected chi connectivity index (χ0v) is 12.7. The predicted octanol–water partition coefficient (Wildman–Crippen LogP) is 3.65. The summed E-state index contributed by atoms with van der Waals surface area (Å²) in [6.45, 7) is 2.27. The van der Waals surface area contributed by atoms with Crippen LogP contribution in [0, 0.1) is 26.4 Å². The first-order valence-corrected chi connectivity index (χ1v) is 6.83. The van der Waals surface area contributed by atoms with Crippen LogP contribution in [0.5, 0.6) is 0 Å². The fourth-order valence-corrected chi connectivity index (χ4v) is 2.15. The zero-order valence-electron chi connectivity index (χ0n) is 10.6. The summed E-state index contributed by atoms with van der Waals surface area (Å²) in [6.07, 6.45) is 3.35. The highest BCUT2D eigenvalue weighted by atomic mass is 127. The van der Waals surface area contributed by atoms with Gasteiger partial charge >= 0.3 is 0 Å². The second-order valence-electron chi connectivity index (χ2n) is 4.20. The van der Waals surface area contributed by atoms with Gasteiger partial charge in [0.2, 0.25) is 0 Å². The quantitative estimate of drug-likeness (QED) is 0.494. The van der Waals surface area contributed by atoms with Gasteiger partial charge in [-0.3, -0.25) is 15.1 Å². The van der Waals surface area contributed by atoms with E-state index in [0.29, 0.717) is 6.54 Å². The third-order valence-corrected chi connectivity index (χ3v) is 3.68. The molecule has 0 aliphatic heterocycles. The SMILES string of the molecule is Cc1ccncc1CNc1cc(F)c(I)cc1[N+](=O)[O-]. The molecule has 0 aliphatic carbocycles. The smallest absolute Gasteiger partial charge is 0.293 e. The summed E-state index contributed by atoms with van der Waals surface area (Å²) in [6, 6.07) is 4.21. The molecule has 2 rings (SSSR count).